The predicted molar refractivity (Wildman–Crippen MR) is 121 cm³/mol. The van der Waals surface area contributed by atoms with Gasteiger partial charge in [-0.2, -0.15) is 4.98 Å². The molecule has 5 nitrogen and oxygen atoms in total. The summed E-state index contributed by atoms with van der Waals surface area (Å²) in [5.74, 6) is 1.29. The van der Waals surface area contributed by atoms with Crippen LogP contribution in [0.25, 0.3) is 11.4 Å². The molecule has 0 saturated heterocycles. The molecule has 0 unspecified atom stereocenters. The molecule has 6 heteroatoms. The number of benzene rings is 3. The zero-order valence-corrected chi connectivity index (χ0v) is 17.8. The second-order valence-corrected chi connectivity index (χ2v) is 7.59. The van der Waals surface area contributed by atoms with Crippen LogP contribution in [0.2, 0.25) is 0 Å². The minimum absolute atomic E-state index is 0.221. The average Bonchev–Trinajstić information content (AvgIpc) is 2.75. The van der Waals surface area contributed by atoms with Gasteiger partial charge in [0.1, 0.15) is 5.75 Å². The van der Waals surface area contributed by atoms with Gasteiger partial charge in [-0.3, -0.25) is 4.79 Å². The van der Waals surface area contributed by atoms with Crippen molar-refractivity contribution in [1.29, 1.82) is 0 Å². The Morgan fingerprint density at radius 3 is 2.57 bits per heavy atom. The summed E-state index contributed by atoms with van der Waals surface area (Å²) < 4.78 is 6.78. The summed E-state index contributed by atoms with van der Waals surface area (Å²) in [6.07, 6.45) is 1.65. The van der Waals surface area contributed by atoms with Crippen molar-refractivity contribution in [2.24, 2.45) is 0 Å². The fraction of sp³-hybridized carbons (Fsp3) is 0.0417. The van der Waals surface area contributed by atoms with Gasteiger partial charge in [-0.1, -0.05) is 57.9 Å². The number of nitrogens with one attached hydrogen (secondary N) is 1. The van der Waals surface area contributed by atoms with E-state index in [4.69, 9.17) is 4.74 Å². The second kappa shape index (κ2) is 8.88. The number of amides is 1. The van der Waals surface area contributed by atoms with Crippen LogP contribution in [0.1, 0.15) is 15.9 Å². The van der Waals surface area contributed by atoms with Crippen LogP contribution in [0.4, 0.5) is 5.69 Å². The van der Waals surface area contributed by atoms with Crippen molar-refractivity contribution >= 4 is 27.5 Å². The standard InChI is InChI=1S/C24H18BrN3O2/c1-16-8-10-17(11-9-16)23-26-13-12-22(28-23)30-21-7-2-4-18(14-21)24(29)27-20-6-3-5-19(25)15-20/h2-15H,1H3,(H,27,29). The number of aryl methyl sites for hydroxylation is 1. The number of halogens is 1. The van der Waals surface area contributed by atoms with Gasteiger partial charge in [-0.05, 0) is 43.3 Å². The Hall–Kier alpha value is -3.51. The molecule has 0 bridgehead atoms. The Labute approximate surface area is 182 Å². The van der Waals surface area contributed by atoms with Crippen molar-refractivity contribution in [3.63, 3.8) is 0 Å². The third-order valence-electron chi connectivity index (χ3n) is 4.34. The molecule has 0 aliphatic heterocycles. The summed E-state index contributed by atoms with van der Waals surface area (Å²) in [6, 6.07) is 24.1. The average molecular weight is 460 g/mol. The van der Waals surface area contributed by atoms with E-state index >= 15 is 0 Å². The van der Waals surface area contributed by atoms with Gasteiger partial charge in [-0.15, -0.1) is 0 Å². The number of carbonyl (C=O) groups excluding carboxylic acids is 1. The minimum Gasteiger partial charge on any atom is -0.439 e. The molecule has 1 amide bonds. The number of hydrogen-bond acceptors (Lipinski definition) is 4. The number of carbonyl (C=O) groups is 1. The van der Waals surface area contributed by atoms with E-state index < -0.39 is 0 Å². The van der Waals surface area contributed by atoms with E-state index in [-0.39, 0.29) is 5.91 Å². The maximum Gasteiger partial charge on any atom is 0.255 e. The van der Waals surface area contributed by atoms with Gasteiger partial charge < -0.3 is 10.1 Å². The van der Waals surface area contributed by atoms with Gasteiger partial charge in [0.15, 0.2) is 5.82 Å². The zero-order chi connectivity index (χ0) is 20.9. The van der Waals surface area contributed by atoms with Crippen molar-refractivity contribution < 1.29 is 9.53 Å². The Morgan fingerprint density at radius 1 is 0.967 bits per heavy atom. The summed E-state index contributed by atoms with van der Waals surface area (Å²) in [7, 11) is 0. The van der Waals surface area contributed by atoms with Crippen molar-refractivity contribution in [2.75, 3.05) is 5.32 Å². The van der Waals surface area contributed by atoms with Crippen molar-refractivity contribution in [3.8, 4) is 23.0 Å². The lowest BCUT2D eigenvalue weighted by atomic mass is 10.1. The van der Waals surface area contributed by atoms with Crippen molar-refractivity contribution in [1.82, 2.24) is 9.97 Å². The molecule has 0 radical (unpaired) electrons. The SMILES string of the molecule is Cc1ccc(-c2nccc(Oc3cccc(C(=O)Nc4cccc(Br)c4)c3)n2)cc1. The molecule has 4 aromatic rings. The van der Waals surface area contributed by atoms with E-state index in [2.05, 4.69) is 31.2 Å². The first kappa shape index (κ1) is 19.8. The molecular weight excluding hydrogens is 442 g/mol. The highest BCUT2D eigenvalue weighted by atomic mass is 79.9. The molecule has 3 aromatic carbocycles. The summed E-state index contributed by atoms with van der Waals surface area (Å²) in [4.78, 5) is 21.4. The predicted octanol–water partition coefficient (Wildman–Crippen LogP) is 6.26. The first-order valence-electron chi connectivity index (χ1n) is 9.32. The largest absolute Gasteiger partial charge is 0.439 e. The van der Waals surface area contributed by atoms with Gasteiger partial charge in [-0.25, -0.2) is 4.98 Å². The lowest BCUT2D eigenvalue weighted by molar-refractivity contribution is 0.102. The van der Waals surface area contributed by atoms with Crippen LogP contribution in [-0.4, -0.2) is 15.9 Å². The number of aromatic nitrogens is 2. The quantitative estimate of drug-likeness (QED) is 0.382. The van der Waals surface area contributed by atoms with Crippen LogP contribution in [-0.2, 0) is 0 Å². The van der Waals surface area contributed by atoms with E-state index in [1.165, 1.54) is 5.56 Å². The summed E-state index contributed by atoms with van der Waals surface area (Å²) in [5, 5.41) is 2.88. The third-order valence-corrected chi connectivity index (χ3v) is 4.83. The highest BCUT2D eigenvalue weighted by molar-refractivity contribution is 9.10. The molecule has 0 aliphatic rings. The van der Waals surface area contributed by atoms with Gasteiger partial charge in [0.05, 0.1) is 0 Å². The lowest BCUT2D eigenvalue weighted by Gasteiger charge is -2.09. The molecule has 1 aromatic heterocycles. The number of hydrogen-bond donors (Lipinski definition) is 1. The summed E-state index contributed by atoms with van der Waals surface area (Å²) in [5.41, 5.74) is 3.27. The monoisotopic (exact) mass is 459 g/mol. The Kier molecular flexibility index (Phi) is 5.86. The van der Waals surface area contributed by atoms with Crippen LogP contribution in [0, 0.1) is 6.92 Å². The number of anilines is 1. The van der Waals surface area contributed by atoms with E-state index in [9.17, 15) is 4.79 Å². The topological polar surface area (TPSA) is 64.1 Å². The number of ether oxygens (including phenoxy) is 1. The molecular formula is C24H18BrN3O2. The van der Waals surface area contributed by atoms with E-state index in [1.54, 1.807) is 36.5 Å². The van der Waals surface area contributed by atoms with Gasteiger partial charge in [0.25, 0.3) is 5.91 Å². The second-order valence-electron chi connectivity index (χ2n) is 6.68. The normalized spacial score (nSPS) is 10.5. The molecule has 0 atom stereocenters. The molecule has 1 heterocycles. The van der Waals surface area contributed by atoms with Crippen molar-refractivity contribution in [3.05, 3.63) is 101 Å². The highest BCUT2D eigenvalue weighted by Crippen LogP contribution is 2.24. The molecule has 0 saturated carbocycles. The Balaban J connectivity index is 1.51. The van der Waals surface area contributed by atoms with Crippen LogP contribution in [0.5, 0.6) is 11.6 Å². The van der Waals surface area contributed by atoms with Crippen LogP contribution >= 0.6 is 15.9 Å². The molecule has 4 rings (SSSR count). The first-order valence-corrected chi connectivity index (χ1v) is 10.1. The minimum atomic E-state index is -0.221. The zero-order valence-electron chi connectivity index (χ0n) is 16.2. The van der Waals surface area contributed by atoms with E-state index in [0.717, 1.165) is 10.0 Å². The van der Waals surface area contributed by atoms with Crippen LogP contribution < -0.4 is 10.1 Å². The third kappa shape index (κ3) is 4.90. The maximum absolute atomic E-state index is 12.6. The molecule has 1 N–H and O–H groups in total. The van der Waals surface area contributed by atoms with Gasteiger partial charge in [0, 0.05) is 33.6 Å². The Morgan fingerprint density at radius 2 is 1.77 bits per heavy atom. The fourth-order valence-electron chi connectivity index (χ4n) is 2.83. The van der Waals surface area contributed by atoms with E-state index in [0.29, 0.717) is 28.7 Å². The smallest absolute Gasteiger partial charge is 0.255 e. The van der Waals surface area contributed by atoms with Crippen molar-refractivity contribution in [2.45, 2.75) is 6.92 Å². The van der Waals surface area contributed by atoms with E-state index in [1.807, 2.05) is 55.5 Å². The molecule has 0 spiro atoms. The van der Waals surface area contributed by atoms with Crippen LogP contribution in [0.3, 0.4) is 0 Å². The highest BCUT2D eigenvalue weighted by Gasteiger charge is 2.09. The molecule has 148 valence electrons. The lowest BCUT2D eigenvalue weighted by Crippen LogP contribution is -2.11. The van der Waals surface area contributed by atoms with Gasteiger partial charge >= 0.3 is 0 Å². The molecule has 0 fully saturated rings. The number of nitrogens with zero attached hydrogens (tertiary/aromatic N) is 2. The fourth-order valence-corrected chi connectivity index (χ4v) is 3.23. The Bertz CT molecular complexity index is 1190. The first-order chi connectivity index (χ1) is 14.6. The maximum atomic E-state index is 12.6. The summed E-state index contributed by atoms with van der Waals surface area (Å²) in [6.45, 7) is 2.03. The van der Waals surface area contributed by atoms with Crippen LogP contribution in [0.15, 0.2) is 89.5 Å². The summed E-state index contributed by atoms with van der Waals surface area (Å²) >= 11 is 3.40. The van der Waals surface area contributed by atoms with Gasteiger partial charge in [0.2, 0.25) is 5.88 Å². The molecule has 30 heavy (non-hydrogen) atoms. The number of rotatable bonds is 5. The molecule has 0 aliphatic carbocycles.